The fourth-order valence-corrected chi connectivity index (χ4v) is 4.71. The highest BCUT2D eigenvalue weighted by molar-refractivity contribution is 7.20. The Kier molecular flexibility index (Phi) is 7.20. The van der Waals surface area contributed by atoms with Gasteiger partial charge in [0, 0.05) is 6.07 Å². The molecular weight excluding hydrogens is 484 g/mol. The molecule has 2 heterocycles. The van der Waals surface area contributed by atoms with Gasteiger partial charge in [-0.1, -0.05) is 12.1 Å². The molecule has 0 spiro atoms. The molecule has 0 fully saturated rings. The molecule has 2 amide bonds. The second kappa shape index (κ2) is 10.5. The van der Waals surface area contributed by atoms with Crippen molar-refractivity contribution in [1.29, 1.82) is 0 Å². The van der Waals surface area contributed by atoms with E-state index >= 15 is 0 Å². The molecular formula is C25H24N4O6S. The molecule has 4 aromatic rings. The normalized spacial score (nSPS) is 10.7. The van der Waals surface area contributed by atoms with Crippen LogP contribution in [0.2, 0.25) is 0 Å². The molecule has 10 nitrogen and oxygen atoms in total. The molecule has 186 valence electrons. The zero-order chi connectivity index (χ0) is 25.8. The molecule has 2 aromatic heterocycles. The summed E-state index contributed by atoms with van der Waals surface area (Å²) < 4.78 is 17.0. The number of nitrogens with zero attached hydrogens (tertiary/aromatic N) is 2. The van der Waals surface area contributed by atoms with E-state index in [1.807, 2.05) is 0 Å². The highest BCUT2D eigenvalue weighted by Crippen LogP contribution is 2.32. The van der Waals surface area contributed by atoms with Gasteiger partial charge in [0.2, 0.25) is 5.91 Å². The molecule has 0 atom stereocenters. The van der Waals surface area contributed by atoms with Gasteiger partial charge in [-0.25, -0.2) is 4.98 Å². The van der Waals surface area contributed by atoms with Gasteiger partial charge in [-0.15, -0.1) is 11.3 Å². The third-order valence-electron chi connectivity index (χ3n) is 5.47. The second-order valence-corrected chi connectivity index (χ2v) is 8.68. The average molecular weight is 509 g/mol. The predicted octanol–water partition coefficient (Wildman–Crippen LogP) is 3.68. The molecule has 0 radical (unpaired) electrons. The van der Waals surface area contributed by atoms with E-state index < -0.39 is 17.4 Å². The highest BCUT2D eigenvalue weighted by atomic mass is 32.1. The van der Waals surface area contributed by atoms with Crippen LogP contribution >= 0.6 is 11.3 Å². The molecule has 2 N–H and O–H groups in total. The third-order valence-corrected chi connectivity index (χ3v) is 6.67. The summed E-state index contributed by atoms with van der Waals surface area (Å²) in [5.74, 6) is 0.684. The van der Waals surface area contributed by atoms with Crippen molar-refractivity contribution in [3.63, 3.8) is 0 Å². The summed E-state index contributed by atoms with van der Waals surface area (Å²) in [6, 6.07) is 12.0. The van der Waals surface area contributed by atoms with Crippen LogP contribution < -0.4 is 30.4 Å². The lowest BCUT2D eigenvalue weighted by Crippen LogP contribution is -2.28. The number of ether oxygens (including phenoxy) is 3. The predicted molar refractivity (Wildman–Crippen MR) is 138 cm³/mol. The lowest BCUT2D eigenvalue weighted by molar-refractivity contribution is -0.116. The minimum Gasteiger partial charge on any atom is -0.497 e. The van der Waals surface area contributed by atoms with Crippen LogP contribution in [0.15, 0.2) is 53.6 Å². The molecule has 2 aromatic carbocycles. The zero-order valence-corrected chi connectivity index (χ0v) is 20.9. The van der Waals surface area contributed by atoms with Crippen LogP contribution in [0.25, 0.3) is 10.2 Å². The Labute approximate surface area is 210 Å². The van der Waals surface area contributed by atoms with E-state index in [0.717, 1.165) is 11.3 Å². The average Bonchev–Trinajstić information content (AvgIpc) is 3.23. The number of methoxy groups -OCH3 is 3. The molecule has 0 aliphatic heterocycles. The van der Waals surface area contributed by atoms with Crippen LogP contribution in [0.5, 0.6) is 17.2 Å². The molecule has 11 heteroatoms. The van der Waals surface area contributed by atoms with E-state index in [2.05, 4.69) is 15.6 Å². The first kappa shape index (κ1) is 24.7. The monoisotopic (exact) mass is 508 g/mol. The first-order chi connectivity index (χ1) is 17.4. The number of benzene rings is 2. The number of aromatic nitrogens is 2. The van der Waals surface area contributed by atoms with Gasteiger partial charge in [0.25, 0.3) is 11.5 Å². The second-order valence-electron chi connectivity index (χ2n) is 7.68. The number of nitrogens with one attached hydrogen (secondary N) is 2. The molecule has 36 heavy (non-hydrogen) atoms. The standard InChI is InChI=1S/C25H24N4O6S/c1-14-21-24(36-22(14)23(31)28-17-11-15(33-2)9-10-19(17)35-4)26-13-29(25(21)32)12-20(30)27-16-7-5-6-8-18(16)34-3/h5-11,13H,12H2,1-4H3,(H,27,30)(H,28,31). The van der Waals surface area contributed by atoms with Crippen molar-refractivity contribution in [2.45, 2.75) is 13.5 Å². The van der Waals surface area contributed by atoms with Gasteiger partial charge in [0.05, 0.1) is 49.3 Å². The first-order valence-electron chi connectivity index (χ1n) is 10.8. The van der Waals surface area contributed by atoms with Crippen molar-refractivity contribution in [2.24, 2.45) is 0 Å². The van der Waals surface area contributed by atoms with E-state index in [4.69, 9.17) is 14.2 Å². The van der Waals surface area contributed by atoms with E-state index in [1.54, 1.807) is 49.4 Å². The summed E-state index contributed by atoms with van der Waals surface area (Å²) in [6.07, 6.45) is 1.30. The number of para-hydroxylation sites is 2. The topological polar surface area (TPSA) is 121 Å². The highest BCUT2D eigenvalue weighted by Gasteiger charge is 2.21. The van der Waals surface area contributed by atoms with Crippen molar-refractivity contribution in [1.82, 2.24) is 9.55 Å². The van der Waals surface area contributed by atoms with Crippen LogP contribution in [-0.4, -0.2) is 42.7 Å². The lowest BCUT2D eigenvalue weighted by Gasteiger charge is -2.11. The number of rotatable bonds is 8. The number of aryl methyl sites for hydroxylation is 1. The number of hydrogen-bond acceptors (Lipinski definition) is 8. The van der Waals surface area contributed by atoms with Crippen LogP contribution in [0.3, 0.4) is 0 Å². The van der Waals surface area contributed by atoms with Crippen LogP contribution in [-0.2, 0) is 11.3 Å². The number of carbonyl (C=O) groups excluding carboxylic acids is 2. The fourth-order valence-electron chi connectivity index (χ4n) is 3.67. The summed E-state index contributed by atoms with van der Waals surface area (Å²) in [5, 5.41) is 5.84. The Balaban J connectivity index is 1.60. The SMILES string of the molecule is COc1ccc(OC)c(NC(=O)c2sc3ncn(CC(=O)Nc4ccccc4OC)c(=O)c3c2C)c1. The number of amides is 2. The summed E-state index contributed by atoms with van der Waals surface area (Å²) >= 11 is 1.10. The molecule has 0 saturated heterocycles. The molecule has 0 aliphatic rings. The number of anilines is 2. The maximum atomic E-state index is 13.2. The van der Waals surface area contributed by atoms with E-state index in [-0.39, 0.29) is 11.9 Å². The maximum absolute atomic E-state index is 13.2. The Morgan fingerprint density at radius 1 is 0.972 bits per heavy atom. The third kappa shape index (κ3) is 4.86. The Morgan fingerprint density at radius 3 is 2.42 bits per heavy atom. The van der Waals surface area contributed by atoms with Crippen molar-refractivity contribution in [2.75, 3.05) is 32.0 Å². The van der Waals surface area contributed by atoms with Gasteiger partial charge < -0.3 is 24.8 Å². The first-order valence-corrected chi connectivity index (χ1v) is 11.6. The number of carbonyl (C=O) groups is 2. The minimum absolute atomic E-state index is 0.252. The van der Waals surface area contributed by atoms with Gasteiger partial charge >= 0.3 is 0 Å². The van der Waals surface area contributed by atoms with E-state index in [9.17, 15) is 14.4 Å². The number of thiophene rings is 1. The van der Waals surface area contributed by atoms with E-state index in [0.29, 0.717) is 43.9 Å². The van der Waals surface area contributed by atoms with Crippen molar-refractivity contribution in [3.8, 4) is 17.2 Å². The van der Waals surface area contributed by atoms with Crippen LogP contribution in [0, 0.1) is 6.92 Å². The minimum atomic E-state index is -0.418. The molecule has 4 rings (SSSR count). The molecule has 0 unspecified atom stereocenters. The van der Waals surface area contributed by atoms with Crippen molar-refractivity contribution < 1.29 is 23.8 Å². The fraction of sp³-hybridized carbons (Fsp3) is 0.200. The van der Waals surface area contributed by atoms with E-state index in [1.165, 1.54) is 32.2 Å². The quantitative estimate of drug-likeness (QED) is 0.372. The molecule has 0 bridgehead atoms. The Hall–Kier alpha value is -4.38. The smallest absolute Gasteiger partial charge is 0.266 e. The van der Waals surface area contributed by atoms with Gasteiger partial charge in [-0.3, -0.25) is 19.0 Å². The lowest BCUT2D eigenvalue weighted by atomic mass is 10.2. The Bertz CT molecular complexity index is 1510. The Morgan fingerprint density at radius 2 is 1.69 bits per heavy atom. The summed E-state index contributed by atoms with van der Waals surface area (Å²) in [5.41, 5.74) is 0.983. The molecule has 0 saturated carbocycles. The summed E-state index contributed by atoms with van der Waals surface area (Å²) in [7, 11) is 4.53. The zero-order valence-electron chi connectivity index (χ0n) is 20.1. The van der Waals surface area contributed by atoms with Gasteiger partial charge in [-0.2, -0.15) is 0 Å². The van der Waals surface area contributed by atoms with Crippen molar-refractivity contribution >= 4 is 44.7 Å². The summed E-state index contributed by atoms with van der Waals surface area (Å²) in [4.78, 5) is 44.0. The maximum Gasteiger partial charge on any atom is 0.266 e. The van der Waals surface area contributed by atoms with Crippen molar-refractivity contribution in [3.05, 3.63) is 69.6 Å². The van der Waals surface area contributed by atoms with Crippen LogP contribution in [0.4, 0.5) is 11.4 Å². The largest absolute Gasteiger partial charge is 0.497 e. The van der Waals surface area contributed by atoms with Crippen LogP contribution in [0.1, 0.15) is 15.2 Å². The number of hydrogen-bond donors (Lipinski definition) is 2. The number of fused-ring (bicyclic) bond motifs is 1. The van der Waals surface area contributed by atoms with Gasteiger partial charge in [0.15, 0.2) is 0 Å². The molecule has 0 aliphatic carbocycles. The van der Waals surface area contributed by atoms with Gasteiger partial charge in [0.1, 0.15) is 28.6 Å². The summed E-state index contributed by atoms with van der Waals surface area (Å²) in [6.45, 7) is 1.43. The van der Waals surface area contributed by atoms with Gasteiger partial charge in [-0.05, 0) is 36.8 Å².